The zero-order valence-electron chi connectivity index (χ0n) is 8.91. The van der Waals surface area contributed by atoms with Gasteiger partial charge in [-0.1, -0.05) is 23.4 Å². The molecule has 0 aliphatic heterocycles. The van der Waals surface area contributed by atoms with E-state index >= 15 is 0 Å². The molecule has 5 nitrogen and oxygen atoms in total. The molecule has 0 amide bonds. The fourth-order valence-electron chi connectivity index (χ4n) is 1.91. The van der Waals surface area contributed by atoms with Crippen LogP contribution in [0.1, 0.15) is 16.2 Å². The maximum absolute atomic E-state index is 11.0. The summed E-state index contributed by atoms with van der Waals surface area (Å²) in [6.45, 7) is 0.491. The molecule has 0 saturated heterocycles. The SMILES string of the molecule is O=Cc1cn(Cc2ncon2)c2ccccc12. The Bertz CT molecular complexity index is 656. The highest BCUT2D eigenvalue weighted by molar-refractivity contribution is 5.97. The van der Waals surface area contributed by atoms with Gasteiger partial charge in [-0.2, -0.15) is 4.98 Å². The molecule has 5 heteroatoms. The Morgan fingerprint density at radius 1 is 1.35 bits per heavy atom. The van der Waals surface area contributed by atoms with E-state index in [2.05, 4.69) is 14.7 Å². The van der Waals surface area contributed by atoms with Gasteiger partial charge in [0.1, 0.15) is 0 Å². The van der Waals surface area contributed by atoms with E-state index < -0.39 is 0 Å². The Hall–Kier alpha value is -2.43. The van der Waals surface area contributed by atoms with Crippen LogP contribution in [-0.2, 0) is 6.54 Å². The summed E-state index contributed by atoms with van der Waals surface area (Å²) < 4.78 is 6.62. The van der Waals surface area contributed by atoms with Gasteiger partial charge in [0.25, 0.3) is 0 Å². The number of hydrogen-bond acceptors (Lipinski definition) is 4. The highest BCUT2D eigenvalue weighted by Gasteiger charge is 2.08. The summed E-state index contributed by atoms with van der Waals surface area (Å²) in [5.74, 6) is 0.586. The van der Waals surface area contributed by atoms with Crippen LogP contribution in [0.3, 0.4) is 0 Å². The molecule has 0 aliphatic carbocycles. The maximum atomic E-state index is 11.0. The van der Waals surface area contributed by atoms with Crippen molar-refractivity contribution in [3.8, 4) is 0 Å². The molecule has 0 spiro atoms. The first-order valence-electron chi connectivity index (χ1n) is 5.17. The molecular formula is C12H9N3O2. The molecule has 17 heavy (non-hydrogen) atoms. The molecule has 84 valence electrons. The van der Waals surface area contributed by atoms with E-state index in [0.717, 1.165) is 17.2 Å². The van der Waals surface area contributed by atoms with E-state index in [-0.39, 0.29) is 0 Å². The number of carbonyl (C=O) groups is 1. The maximum Gasteiger partial charge on any atom is 0.213 e. The number of carbonyl (C=O) groups excluding carboxylic acids is 1. The average molecular weight is 227 g/mol. The lowest BCUT2D eigenvalue weighted by Gasteiger charge is -2.00. The molecule has 2 aromatic heterocycles. The van der Waals surface area contributed by atoms with Crippen molar-refractivity contribution >= 4 is 17.2 Å². The number of hydrogen-bond donors (Lipinski definition) is 0. The van der Waals surface area contributed by atoms with Crippen LogP contribution < -0.4 is 0 Å². The van der Waals surface area contributed by atoms with E-state index in [9.17, 15) is 4.79 Å². The van der Waals surface area contributed by atoms with Gasteiger partial charge in [0.15, 0.2) is 12.1 Å². The van der Waals surface area contributed by atoms with Crippen molar-refractivity contribution in [2.24, 2.45) is 0 Å². The second-order valence-electron chi connectivity index (χ2n) is 3.69. The minimum absolute atomic E-state index is 0.491. The van der Waals surface area contributed by atoms with Crippen molar-refractivity contribution in [3.05, 3.63) is 48.2 Å². The summed E-state index contributed by atoms with van der Waals surface area (Å²) in [5.41, 5.74) is 1.66. The Balaban J connectivity index is 2.13. The lowest BCUT2D eigenvalue weighted by molar-refractivity contribution is 0.112. The Labute approximate surface area is 96.7 Å². The van der Waals surface area contributed by atoms with Crippen LogP contribution in [0.5, 0.6) is 0 Å². The van der Waals surface area contributed by atoms with E-state index in [1.807, 2.05) is 28.8 Å². The number of aldehydes is 1. The summed E-state index contributed by atoms with van der Waals surface area (Å²) in [7, 11) is 0. The molecule has 3 rings (SSSR count). The summed E-state index contributed by atoms with van der Waals surface area (Å²) in [6.07, 6.45) is 3.95. The van der Waals surface area contributed by atoms with Gasteiger partial charge in [-0.25, -0.2) is 0 Å². The van der Waals surface area contributed by atoms with Gasteiger partial charge in [-0.3, -0.25) is 4.79 Å². The molecule has 0 fully saturated rings. The van der Waals surface area contributed by atoms with E-state index in [4.69, 9.17) is 0 Å². The molecule has 0 N–H and O–H groups in total. The lowest BCUT2D eigenvalue weighted by Crippen LogP contribution is -1.99. The third kappa shape index (κ3) is 1.61. The van der Waals surface area contributed by atoms with Gasteiger partial charge < -0.3 is 9.09 Å². The zero-order valence-corrected chi connectivity index (χ0v) is 8.91. The molecule has 0 saturated carbocycles. The molecule has 3 aromatic rings. The van der Waals surface area contributed by atoms with Crippen molar-refractivity contribution in [2.75, 3.05) is 0 Å². The number of rotatable bonds is 3. The Morgan fingerprint density at radius 2 is 2.24 bits per heavy atom. The molecule has 2 heterocycles. The number of para-hydroxylation sites is 1. The van der Waals surface area contributed by atoms with Gasteiger partial charge in [0, 0.05) is 22.7 Å². The normalized spacial score (nSPS) is 10.8. The number of aromatic nitrogens is 3. The molecule has 0 bridgehead atoms. The predicted octanol–water partition coefficient (Wildman–Crippen LogP) is 1.89. The smallest absolute Gasteiger partial charge is 0.213 e. The first-order chi connectivity index (χ1) is 8.38. The molecule has 1 aromatic carbocycles. The summed E-state index contributed by atoms with van der Waals surface area (Å²) in [6, 6.07) is 7.73. The number of nitrogens with zero attached hydrogens (tertiary/aromatic N) is 3. The van der Waals surface area contributed by atoms with Crippen LogP contribution in [0.25, 0.3) is 10.9 Å². The van der Waals surface area contributed by atoms with Crippen molar-refractivity contribution in [1.29, 1.82) is 0 Å². The van der Waals surface area contributed by atoms with Crippen molar-refractivity contribution in [2.45, 2.75) is 6.54 Å². The molecular weight excluding hydrogens is 218 g/mol. The second-order valence-corrected chi connectivity index (χ2v) is 3.69. The summed E-state index contributed by atoms with van der Waals surface area (Å²) in [5, 5.41) is 4.69. The van der Waals surface area contributed by atoms with Crippen LogP contribution in [-0.4, -0.2) is 21.0 Å². The van der Waals surface area contributed by atoms with Crippen LogP contribution in [0.4, 0.5) is 0 Å². The largest absolute Gasteiger partial charge is 0.343 e. The molecule has 0 radical (unpaired) electrons. The third-order valence-electron chi connectivity index (χ3n) is 2.67. The van der Waals surface area contributed by atoms with Gasteiger partial charge in [-0.05, 0) is 6.07 Å². The quantitative estimate of drug-likeness (QED) is 0.641. The van der Waals surface area contributed by atoms with Gasteiger partial charge in [0.05, 0.1) is 6.54 Å². The average Bonchev–Trinajstić information content (AvgIpc) is 2.98. The first-order valence-corrected chi connectivity index (χ1v) is 5.17. The highest BCUT2D eigenvalue weighted by Crippen LogP contribution is 2.20. The summed E-state index contributed by atoms with van der Waals surface area (Å²) >= 11 is 0. The first kappa shape index (κ1) is 9.77. The van der Waals surface area contributed by atoms with Crippen LogP contribution in [0, 0.1) is 0 Å². The Kier molecular flexibility index (Phi) is 2.22. The second kappa shape index (κ2) is 3.86. The Morgan fingerprint density at radius 3 is 3.00 bits per heavy atom. The standard InChI is InChI=1S/C12H9N3O2/c16-7-9-5-15(6-12-13-8-17-14-12)11-4-2-1-3-10(9)11/h1-5,7-8H,6H2. The molecule has 0 atom stereocenters. The van der Waals surface area contributed by atoms with Gasteiger partial charge in [-0.15, -0.1) is 0 Å². The van der Waals surface area contributed by atoms with Crippen LogP contribution >= 0.6 is 0 Å². The third-order valence-corrected chi connectivity index (χ3v) is 2.67. The number of benzene rings is 1. The fourth-order valence-corrected chi connectivity index (χ4v) is 1.91. The fraction of sp³-hybridized carbons (Fsp3) is 0.0833. The monoisotopic (exact) mass is 227 g/mol. The number of fused-ring (bicyclic) bond motifs is 1. The van der Waals surface area contributed by atoms with Crippen molar-refractivity contribution in [3.63, 3.8) is 0 Å². The van der Waals surface area contributed by atoms with Crippen molar-refractivity contribution < 1.29 is 9.32 Å². The molecule has 0 unspecified atom stereocenters. The molecule has 0 aliphatic rings. The summed E-state index contributed by atoms with van der Waals surface area (Å²) in [4.78, 5) is 14.9. The highest BCUT2D eigenvalue weighted by atomic mass is 16.5. The van der Waals surface area contributed by atoms with E-state index in [1.165, 1.54) is 6.39 Å². The topological polar surface area (TPSA) is 60.9 Å². The van der Waals surface area contributed by atoms with Crippen molar-refractivity contribution in [1.82, 2.24) is 14.7 Å². The predicted molar refractivity (Wildman–Crippen MR) is 60.7 cm³/mol. The van der Waals surface area contributed by atoms with Gasteiger partial charge >= 0.3 is 0 Å². The van der Waals surface area contributed by atoms with E-state index in [0.29, 0.717) is 17.9 Å². The minimum atomic E-state index is 0.491. The minimum Gasteiger partial charge on any atom is -0.343 e. The van der Waals surface area contributed by atoms with Crippen LogP contribution in [0.15, 0.2) is 41.4 Å². The van der Waals surface area contributed by atoms with Gasteiger partial charge in [0.2, 0.25) is 6.39 Å². The van der Waals surface area contributed by atoms with Crippen LogP contribution in [0.2, 0.25) is 0 Å². The van der Waals surface area contributed by atoms with E-state index in [1.54, 1.807) is 6.20 Å². The lowest BCUT2D eigenvalue weighted by atomic mass is 10.2. The zero-order chi connectivity index (χ0) is 11.7.